The number of ketones is 1. The summed E-state index contributed by atoms with van der Waals surface area (Å²) in [6.45, 7) is 3.34. The van der Waals surface area contributed by atoms with Crippen molar-refractivity contribution >= 4 is 17.5 Å². The van der Waals surface area contributed by atoms with Gasteiger partial charge in [0.25, 0.3) is 0 Å². The molecule has 11 heavy (non-hydrogen) atoms. The van der Waals surface area contributed by atoms with Gasteiger partial charge in [0.1, 0.15) is 0 Å². The molecular formula is C9H9OS. The normalized spacial score (nSPS) is 9.64. The Labute approximate surface area is 70.8 Å². The fraction of sp³-hybridized carbons (Fsp3) is 0.111. The summed E-state index contributed by atoms with van der Waals surface area (Å²) in [6.07, 6.45) is 1.98. The van der Waals surface area contributed by atoms with Gasteiger partial charge in [-0.1, -0.05) is 12.1 Å². The van der Waals surface area contributed by atoms with E-state index in [2.05, 4.69) is 6.92 Å². The average Bonchev–Trinajstić information content (AvgIpc) is 2.05. The van der Waals surface area contributed by atoms with E-state index in [-0.39, 0.29) is 5.78 Å². The fourth-order valence-electron chi connectivity index (χ4n) is 0.797. The van der Waals surface area contributed by atoms with Crippen molar-refractivity contribution in [2.45, 2.75) is 4.90 Å². The van der Waals surface area contributed by atoms with Gasteiger partial charge in [-0.25, -0.2) is 0 Å². The van der Waals surface area contributed by atoms with Crippen LogP contribution in [0.15, 0.2) is 29.2 Å². The smallest absolute Gasteiger partial charge is 0.163 e. The molecule has 2 heteroatoms. The molecule has 0 saturated heterocycles. The van der Waals surface area contributed by atoms with Crippen LogP contribution >= 0.6 is 11.8 Å². The lowest BCUT2D eigenvalue weighted by atomic mass is 10.2. The summed E-state index contributed by atoms with van der Waals surface area (Å²) in [4.78, 5) is 11.9. The maximum atomic E-state index is 10.8. The van der Waals surface area contributed by atoms with Gasteiger partial charge >= 0.3 is 0 Å². The molecule has 0 aliphatic heterocycles. The van der Waals surface area contributed by atoms with Crippen LogP contribution in [0.1, 0.15) is 10.4 Å². The highest BCUT2D eigenvalue weighted by molar-refractivity contribution is 7.98. The van der Waals surface area contributed by atoms with E-state index in [9.17, 15) is 4.79 Å². The molecular weight excluding hydrogens is 156 g/mol. The predicted octanol–water partition coefficient (Wildman–Crippen LogP) is 2.43. The zero-order chi connectivity index (χ0) is 8.27. The topological polar surface area (TPSA) is 17.1 Å². The van der Waals surface area contributed by atoms with E-state index in [1.807, 2.05) is 24.5 Å². The van der Waals surface area contributed by atoms with Gasteiger partial charge in [0.15, 0.2) is 5.78 Å². The summed E-state index contributed by atoms with van der Waals surface area (Å²) in [5, 5.41) is 0. The second kappa shape index (κ2) is 3.58. The van der Waals surface area contributed by atoms with Crippen LogP contribution in [0.4, 0.5) is 0 Å². The van der Waals surface area contributed by atoms with Crippen LogP contribution in [-0.4, -0.2) is 12.0 Å². The lowest BCUT2D eigenvalue weighted by molar-refractivity contribution is 0.104. The molecule has 0 aromatic heterocycles. The van der Waals surface area contributed by atoms with Gasteiger partial charge in [0.2, 0.25) is 0 Å². The number of benzene rings is 1. The molecule has 1 rings (SSSR count). The number of hydrogen-bond donors (Lipinski definition) is 0. The van der Waals surface area contributed by atoms with Crippen LogP contribution in [-0.2, 0) is 0 Å². The van der Waals surface area contributed by atoms with E-state index in [1.165, 1.54) is 0 Å². The van der Waals surface area contributed by atoms with Crippen molar-refractivity contribution < 1.29 is 4.79 Å². The summed E-state index contributed by atoms with van der Waals surface area (Å²) < 4.78 is 0. The van der Waals surface area contributed by atoms with Crippen LogP contribution in [0.25, 0.3) is 0 Å². The van der Waals surface area contributed by atoms with Crippen molar-refractivity contribution in [2.75, 3.05) is 6.26 Å². The molecule has 1 aromatic carbocycles. The summed E-state index contributed by atoms with van der Waals surface area (Å²) in [6, 6.07) is 7.45. The Kier molecular flexibility index (Phi) is 2.71. The highest BCUT2D eigenvalue weighted by atomic mass is 32.2. The molecule has 0 spiro atoms. The van der Waals surface area contributed by atoms with E-state index in [0.29, 0.717) is 5.56 Å². The minimum atomic E-state index is -0.124. The molecule has 1 aromatic rings. The number of thioether (sulfide) groups is 1. The highest BCUT2D eigenvalue weighted by Crippen LogP contribution is 2.15. The maximum Gasteiger partial charge on any atom is 0.163 e. The molecule has 0 bridgehead atoms. The number of carbonyl (C=O) groups excluding carboxylic acids is 1. The van der Waals surface area contributed by atoms with E-state index < -0.39 is 0 Å². The van der Waals surface area contributed by atoms with Gasteiger partial charge in [-0.2, -0.15) is 0 Å². The van der Waals surface area contributed by atoms with Crippen LogP contribution in [0.3, 0.4) is 0 Å². The molecule has 1 radical (unpaired) electrons. The number of hydrogen-bond acceptors (Lipinski definition) is 2. The third kappa shape index (κ3) is 2.09. The number of carbonyl (C=O) groups is 1. The highest BCUT2D eigenvalue weighted by Gasteiger charge is 1.98. The van der Waals surface area contributed by atoms with Gasteiger partial charge < -0.3 is 0 Å². The van der Waals surface area contributed by atoms with Gasteiger partial charge in [-0.15, -0.1) is 11.8 Å². The monoisotopic (exact) mass is 165 g/mol. The second-order valence-electron chi connectivity index (χ2n) is 2.16. The average molecular weight is 165 g/mol. The van der Waals surface area contributed by atoms with E-state index in [1.54, 1.807) is 17.8 Å². The lowest BCUT2D eigenvalue weighted by Crippen LogP contribution is -1.90. The van der Waals surface area contributed by atoms with Gasteiger partial charge in [0.05, 0.1) is 0 Å². The Morgan fingerprint density at radius 3 is 2.82 bits per heavy atom. The van der Waals surface area contributed by atoms with Crippen LogP contribution in [0, 0.1) is 6.92 Å². The molecule has 0 heterocycles. The van der Waals surface area contributed by atoms with Crippen LogP contribution in [0.2, 0.25) is 0 Å². The molecule has 0 N–H and O–H groups in total. The predicted molar refractivity (Wildman–Crippen MR) is 47.9 cm³/mol. The number of rotatable bonds is 2. The first-order valence-corrected chi connectivity index (χ1v) is 4.47. The quantitative estimate of drug-likeness (QED) is 0.494. The van der Waals surface area contributed by atoms with Crippen molar-refractivity contribution in [3.05, 3.63) is 36.8 Å². The van der Waals surface area contributed by atoms with E-state index in [4.69, 9.17) is 0 Å². The van der Waals surface area contributed by atoms with E-state index in [0.717, 1.165) is 4.90 Å². The van der Waals surface area contributed by atoms with Gasteiger partial charge in [-0.3, -0.25) is 4.79 Å². The SMILES string of the molecule is [CH2]C(=O)c1cccc(SC)c1. The summed E-state index contributed by atoms with van der Waals surface area (Å²) in [5.41, 5.74) is 0.678. The van der Waals surface area contributed by atoms with Crippen molar-refractivity contribution in [1.29, 1.82) is 0 Å². The van der Waals surface area contributed by atoms with Crippen molar-refractivity contribution in [1.82, 2.24) is 0 Å². The van der Waals surface area contributed by atoms with Crippen molar-refractivity contribution in [3.63, 3.8) is 0 Å². The summed E-state index contributed by atoms with van der Waals surface area (Å²) >= 11 is 1.62. The Bertz CT molecular complexity index is 268. The zero-order valence-electron chi connectivity index (χ0n) is 6.33. The van der Waals surface area contributed by atoms with E-state index >= 15 is 0 Å². The zero-order valence-corrected chi connectivity index (χ0v) is 7.15. The molecule has 0 amide bonds. The minimum absolute atomic E-state index is 0.124. The third-order valence-electron chi connectivity index (χ3n) is 1.39. The Hall–Kier alpha value is -0.760. The number of Topliss-reactive ketones (excluding diaryl/α,β-unsaturated/α-hetero) is 1. The molecule has 1 nitrogen and oxygen atoms in total. The summed E-state index contributed by atoms with van der Waals surface area (Å²) in [7, 11) is 0. The molecule has 57 valence electrons. The first-order valence-electron chi connectivity index (χ1n) is 3.24. The van der Waals surface area contributed by atoms with Crippen molar-refractivity contribution in [2.24, 2.45) is 0 Å². The molecule has 0 aliphatic carbocycles. The van der Waals surface area contributed by atoms with Crippen LogP contribution in [0.5, 0.6) is 0 Å². The van der Waals surface area contributed by atoms with Crippen LogP contribution < -0.4 is 0 Å². The molecule has 0 unspecified atom stereocenters. The second-order valence-corrected chi connectivity index (χ2v) is 3.03. The first-order chi connectivity index (χ1) is 5.24. The maximum absolute atomic E-state index is 10.8. The van der Waals surface area contributed by atoms with Gasteiger partial charge in [0, 0.05) is 17.4 Å². The largest absolute Gasteiger partial charge is 0.294 e. The Morgan fingerprint density at radius 2 is 2.27 bits per heavy atom. The molecule has 0 aliphatic rings. The molecule has 0 atom stereocenters. The lowest BCUT2D eigenvalue weighted by Gasteiger charge is -1.97. The standard InChI is InChI=1S/C9H9OS/c1-7(10)8-4-3-5-9(6-8)11-2/h3-6H,1H2,2H3. The molecule has 0 fully saturated rings. The summed E-state index contributed by atoms with van der Waals surface area (Å²) in [5.74, 6) is -0.124. The first kappa shape index (κ1) is 8.34. The third-order valence-corrected chi connectivity index (χ3v) is 2.12. The Morgan fingerprint density at radius 1 is 1.55 bits per heavy atom. The fourth-order valence-corrected chi connectivity index (χ4v) is 1.26. The van der Waals surface area contributed by atoms with Gasteiger partial charge in [-0.05, 0) is 18.4 Å². The minimum Gasteiger partial charge on any atom is -0.294 e. The van der Waals surface area contributed by atoms with Crippen molar-refractivity contribution in [3.8, 4) is 0 Å². The molecule has 0 saturated carbocycles. The Balaban J connectivity index is 3.01.